The Morgan fingerprint density at radius 2 is 1.13 bits per heavy atom. The standard InChI is InChI=1S/C76H52N4O2/c1-76(2,3)52-39-40-77-72(44-52)80-67-33-14-12-27-60(67)61-37-36-55(46-68(61)80)81-54-24-16-23-53(45-54)78-47-79-74-57(49-21-8-5-9-22-49)30-18-32-64(74)73-56(48-19-6-4-7-20-48)29-17-31-63(73)58-25-10-11-26-59(58)66-42-51(43-69(78)75(66)79)50-35-38-71-65(41-50)62-28-13-15-34-70(62)82-71/h4-46H,1-3H3/i4D,5D,6D,7D,8D,9D,19D,20D,21D,22D. The third-order valence-electron chi connectivity index (χ3n) is 15.9. The number of nitrogens with zero attached hydrogens (tertiary/aromatic N) is 4. The number of imidazole rings is 1. The molecule has 11 aromatic carbocycles. The van der Waals surface area contributed by atoms with Gasteiger partial charge in [0.15, 0.2) is 0 Å². The molecule has 6 heteroatoms. The van der Waals surface area contributed by atoms with E-state index < -0.39 is 60.4 Å². The van der Waals surface area contributed by atoms with Crippen molar-refractivity contribution in [3.63, 3.8) is 0 Å². The Hall–Kier alpha value is -10.6. The Kier molecular flexibility index (Phi) is 8.61. The molecule has 6 nitrogen and oxygen atoms in total. The number of benzene rings is 11. The Morgan fingerprint density at radius 3 is 1.95 bits per heavy atom. The Balaban J connectivity index is 0.994. The zero-order chi connectivity index (χ0) is 63.3. The highest BCUT2D eigenvalue weighted by Gasteiger charge is 2.29. The van der Waals surface area contributed by atoms with Gasteiger partial charge in [-0.2, -0.15) is 0 Å². The van der Waals surface area contributed by atoms with E-state index in [2.05, 4.69) is 80.2 Å². The molecule has 0 fully saturated rings. The number of hydrogen-bond acceptors (Lipinski definition) is 3. The van der Waals surface area contributed by atoms with Crippen molar-refractivity contribution in [3.05, 3.63) is 273 Å². The molecule has 4 aromatic heterocycles. The average molecular weight is 1060 g/mol. The van der Waals surface area contributed by atoms with E-state index in [0.717, 1.165) is 82.9 Å². The van der Waals surface area contributed by atoms with E-state index in [1.807, 2.05) is 143 Å². The van der Waals surface area contributed by atoms with E-state index in [4.69, 9.17) is 22.4 Å². The SMILES string of the molecule is [2H]c1c([2H])c([2H])c(-c2cccc3c2-c2cccc(-c4c([2H])c([2H])c([2H])c([2H])c4[2H])c2-[n+]2[c-]n(-c4cccc(Oc5ccc6c7ccccc7n(-c7cc(C(C)(C)C)ccn7)c6c5)c4)c4cc(-c5ccc6oc7ccccc7c6c5)cc(c42)-c2ccccc2-3)c([2H])c1[2H]. The maximum absolute atomic E-state index is 9.58. The Morgan fingerprint density at radius 1 is 0.476 bits per heavy atom. The summed E-state index contributed by atoms with van der Waals surface area (Å²) in [5.74, 6) is 1.88. The second-order valence-electron chi connectivity index (χ2n) is 21.7. The fourth-order valence-corrected chi connectivity index (χ4v) is 12.1. The van der Waals surface area contributed by atoms with Crippen LogP contribution in [0.2, 0.25) is 0 Å². The quantitative estimate of drug-likeness (QED) is 0.118. The number of hydrogen-bond donors (Lipinski definition) is 0. The minimum atomic E-state index is -0.553. The van der Waals surface area contributed by atoms with Gasteiger partial charge in [0.25, 0.3) is 6.33 Å². The maximum atomic E-state index is 9.58. The zero-order valence-electron chi connectivity index (χ0n) is 54.7. The third-order valence-corrected chi connectivity index (χ3v) is 15.9. The van der Waals surface area contributed by atoms with E-state index in [1.165, 1.54) is 0 Å². The Labute approximate surface area is 488 Å². The van der Waals surface area contributed by atoms with Crippen LogP contribution in [0.1, 0.15) is 40.0 Å². The highest BCUT2D eigenvalue weighted by molar-refractivity contribution is 6.11. The van der Waals surface area contributed by atoms with Gasteiger partial charge in [-0.05, 0) is 151 Å². The summed E-state index contributed by atoms with van der Waals surface area (Å²) in [6.45, 7) is 6.57. The highest BCUT2D eigenvalue weighted by Crippen LogP contribution is 2.50. The Bertz CT molecular complexity index is 5640. The van der Waals surface area contributed by atoms with Crippen LogP contribution in [-0.4, -0.2) is 14.1 Å². The van der Waals surface area contributed by atoms with Crippen LogP contribution in [0, 0.1) is 6.33 Å². The first-order valence-corrected chi connectivity index (χ1v) is 27.2. The predicted octanol–water partition coefficient (Wildman–Crippen LogP) is 19.5. The molecule has 5 heterocycles. The van der Waals surface area contributed by atoms with E-state index in [1.54, 1.807) is 18.2 Å². The molecule has 0 atom stereocenters. The maximum Gasteiger partial charge on any atom is 0.269 e. The minimum Gasteiger partial charge on any atom is -0.458 e. The molecule has 0 aliphatic carbocycles. The van der Waals surface area contributed by atoms with E-state index in [9.17, 15) is 5.48 Å². The number of ether oxygens (including phenoxy) is 1. The second-order valence-corrected chi connectivity index (χ2v) is 21.7. The van der Waals surface area contributed by atoms with Gasteiger partial charge in [0.05, 0.1) is 47.1 Å². The summed E-state index contributed by atoms with van der Waals surface area (Å²) < 4.78 is 111. The number of fused-ring (bicyclic) bond motifs is 13. The predicted molar refractivity (Wildman–Crippen MR) is 334 cm³/mol. The lowest BCUT2D eigenvalue weighted by molar-refractivity contribution is -0.570. The van der Waals surface area contributed by atoms with Gasteiger partial charge in [-0.25, -0.2) is 4.98 Å². The third kappa shape index (κ3) is 7.63. The normalized spacial score (nSPS) is 13.8. The molecule has 388 valence electrons. The summed E-state index contributed by atoms with van der Waals surface area (Å²) >= 11 is 0. The molecule has 0 spiro atoms. The molecule has 1 aliphatic rings. The fraction of sp³-hybridized carbons (Fsp3) is 0.0526. The summed E-state index contributed by atoms with van der Waals surface area (Å²) in [4.78, 5) is 4.91. The van der Waals surface area contributed by atoms with Crippen molar-refractivity contribution in [1.29, 1.82) is 0 Å². The largest absolute Gasteiger partial charge is 0.458 e. The molecule has 0 radical (unpaired) electrons. The summed E-state index contributed by atoms with van der Waals surface area (Å²) in [6, 6.07) is 58.7. The van der Waals surface area contributed by atoms with Crippen molar-refractivity contribution in [2.75, 3.05) is 0 Å². The van der Waals surface area contributed by atoms with Crippen molar-refractivity contribution in [3.8, 4) is 95.5 Å². The smallest absolute Gasteiger partial charge is 0.269 e. The second kappa shape index (κ2) is 18.5. The first-order valence-electron chi connectivity index (χ1n) is 32.2. The van der Waals surface area contributed by atoms with Gasteiger partial charge < -0.3 is 9.15 Å². The lowest BCUT2D eigenvalue weighted by Gasteiger charge is -2.21. The fourth-order valence-electron chi connectivity index (χ4n) is 12.1. The van der Waals surface area contributed by atoms with Gasteiger partial charge in [0.1, 0.15) is 28.5 Å². The molecule has 16 rings (SSSR count). The topological polar surface area (TPSA) is 49.0 Å². The monoisotopic (exact) mass is 1060 g/mol. The van der Waals surface area contributed by atoms with Crippen LogP contribution in [0.3, 0.4) is 0 Å². The molecular formula is C76H52N4O2. The van der Waals surface area contributed by atoms with Gasteiger partial charge in [-0.1, -0.05) is 196 Å². The molecule has 15 aromatic rings. The number of rotatable bonds is 7. The van der Waals surface area contributed by atoms with Crippen LogP contribution >= 0.6 is 0 Å². The molecule has 0 bridgehead atoms. The minimum absolute atomic E-state index is 0.0359. The number of para-hydroxylation sites is 3. The van der Waals surface area contributed by atoms with Gasteiger partial charge in [-0.3, -0.25) is 13.7 Å². The molecule has 0 saturated heterocycles. The zero-order valence-corrected chi connectivity index (χ0v) is 44.7. The van der Waals surface area contributed by atoms with Gasteiger partial charge >= 0.3 is 0 Å². The molecule has 0 N–H and O–H groups in total. The van der Waals surface area contributed by atoms with Crippen LogP contribution in [0.4, 0.5) is 0 Å². The van der Waals surface area contributed by atoms with E-state index >= 15 is 0 Å². The van der Waals surface area contributed by atoms with Gasteiger partial charge in [-0.15, -0.1) is 0 Å². The van der Waals surface area contributed by atoms with Crippen molar-refractivity contribution in [2.24, 2.45) is 0 Å². The van der Waals surface area contributed by atoms with Gasteiger partial charge in [0.2, 0.25) is 0 Å². The number of aromatic nitrogens is 4. The highest BCUT2D eigenvalue weighted by atomic mass is 16.5. The first-order chi connectivity index (χ1) is 44.4. The summed E-state index contributed by atoms with van der Waals surface area (Å²) in [5.41, 5.74) is 12.7. The average Bonchev–Trinajstić information content (AvgIpc) is 1.48. The van der Waals surface area contributed by atoms with Crippen molar-refractivity contribution in [1.82, 2.24) is 14.1 Å². The summed E-state index contributed by atoms with van der Waals surface area (Å²) in [5, 5.41) is 4.00. The van der Waals surface area contributed by atoms with Crippen LogP contribution in [0.5, 0.6) is 11.5 Å². The van der Waals surface area contributed by atoms with Crippen molar-refractivity contribution in [2.45, 2.75) is 26.2 Å². The number of furan rings is 1. The van der Waals surface area contributed by atoms with Crippen LogP contribution in [0.25, 0.3) is 139 Å². The first kappa shape index (κ1) is 38.1. The van der Waals surface area contributed by atoms with Crippen LogP contribution in [0.15, 0.2) is 265 Å². The molecule has 1 aliphatic heterocycles. The number of pyridine rings is 1. The van der Waals surface area contributed by atoms with E-state index in [-0.39, 0.29) is 22.1 Å². The van der Waals surface area contributed by atoms with Crippen LogP contribution < -0.4 is 9.30 Å². The van der Waals surface area contributed by atoms with E-state index in [0.29, 0.717) is 56.2 Å². The summed E-state index contributed by atoms with van der Waals surface area (Å²) in [6.07, 6.45) is 5.66. The molecule has 0 unspecified atom stereocenters. The lowest BCUT2D eigenvalue weighted by Crippen LogP contribution is -2.32. The molecule has 0 amide bonds. The summed E-state index contributed by atoms with van der Waals surface area (Å²) in [7, 11) is 0. The van der Waals surface area contributed by atoms with Crippen molar-refractivity contribution >= 4 is 54.8 Å². The molecule has 0 saturated carbocycles. The lowest BCUT2D eigenvalue weighted by atomic mass is 9.84. The van der Waals surface area contributed by atoms with Crippen molar-refractivity contribution < 1.29 is 27.4 Å². The van der Waals surface area contributed by atoms with Gasteiger partial charge in [0, 0.05) is 33.8 Å². The molecular weight excluding hydrogens is 1000 g/mol. The van der Waals surface area contributed by atoms with Crippen LogP contribution in [-0.2, 0) is 5.41 Å². The molecule has 82 heavy (non-hydrogen) atoms.